The van der Waals surface area contributed by atoms with E-state index in [1.54, 1.807) is 43.0 Å². The van der Waals surface area contributed by atoms with E-state index in [4.69, 9.17) is 33.8 Å². The quantitative estimate of drug-likeness (QED) is 0.150. The largest absolute Gasteiger partial charge is 0.497 e. The highest BCUT2D eigenvalue weighted by Crippen LogP contribution is 2.36. The van der Waals surface area contributed by atoms with Crippen LogP contribution in [-0.4, -0.2) is 70.4 Å². The summed E-state index contributed by atoms with van der Waals surface area (Å²) in [6, 6.07) is 14.4. The zero-order chi connectivity index (χ0) is 26.9. The van der Waals surface area contributed by atoms with Crippen LogP contribution in [0.25, 0.3) is 33.1 Å². The van der Waals surface area contributed by atoms with Crippen LogP contribution in [0.5, 0.6) is 5.75 Å². The van der Waals surface area contributed by atoms with Crippen molar-refractivity contribution in [3.05, 3.63) is 64.5 Å². The number of nitrogens with zero attached hydrogens (tertiary/aromatic N) is 1. The summed E-state index contributed by atoms with van der Waals surface area (Å²) in [7, 11) is 3.31. The van der Waals surface area contributed by atoms with E-state index in [2.05, 4.69) is 0 Å². The number of aryl methyl sites for hydroxylation is 1. The molecule has 10 nitrogen and oxygen atoms in total. The summed E-state index contributed by atoms with van der Waals surface area (Å²) >= 11 is 0. The highest BCUT2D eigenvalue weighted by molar-refractivity contribution is 6.18. The first-order valence-corrected chi connectivity index (χ1v) is 12.4. The topological polar surface area (TPSA) is 124 Å². The van der Waals surface area contributed by atoms with E-state index >= 15 is 0 Å². The third kappa shape index (κ3) is 6.05. The molecular formula is C28H32N2O8. The second-order valence-electron chi connectivity index (χ2n) is 8.38. The van der Waals surface area contributed by atoms with Crippen molar-refractivity contribution in [1.29, 1.82) is 0 Å². The van der Waals surface area contributed by atoms with Crippen LogP contribution in [0.1, 0.15) is 10.4 Å². The lowest BCUT2D eigenvalue weighted by Crippen LogP contribution is -2.15. The number of rotatable bonds is 14. The molecule has 0 spiro atoms. The van der Waals surface area contributed by atoms with Crippen molar-refractivity contribution in [2.75, 3.05) is 59.9 Å². The molecule has 2 N–H and O–H groups in total. The number of methoxy groups -OCH3 is 1. The molecule has 0 unspecified atom stereocenters. The van der Waals surface area contributed by atoms with Crippen LogP contribution in [0.3, 0.4) is 0 Å². The molecule has 0 aliphatic carbocycles. The fourth-order valence-electron chi connectivity index (χ4n) is 4.27. The average molecular weight is 525 g/mol. The van der Waals surface area contributed by atoms with Gasteiger partial charge in [0.05, 0.1) is 58.0 Å². The van der Waals surface area contributed by atoms with E-state index in [-0.39, 0.29) is 24.3 Å². The Morgan fingerprint density at radius 2 is 1.53 bits per heavy atom. The minimum atomic E-state index is -0.561. The van der Waals surface area contributed by atoms with Crippen molar-refractivity contribution in [3.8, 4) is 17.0 Å². The fraction of sp³-hybridized carbons (Fsp3) is 0.357. The molecule has 0 saturated heterocycles. The molecule has 38 heavy (non-hydrogen) atoms. The highest BCUT2D eigenvalue weighted by atomic mass is 16.6. The minimum absolute atomic E-state index is 0.0380. The van der Waals surface area contributed by atoms with Gasteiger partial charge in [-0.3, -0.25) is 0 Å². The Hall–Kier alpha value is -3.70. The number of para-hydroxylation sites is 1. The third-order valence-corrected chi connectivity index (χ3v) is 5.98. The standard InChI is InChI=1S/C28H32N2O8/c1-30-25(19-7-9-20(33-2)10-8-19)24(23-21-5-3-4-6-22(21)38-28(32)26(23)30)27(31)37-18-17-36-16-15-35-14-13-34-12-11-29/h3-10H,11-18,29H2,1-2H3. The molecular weight excluding hydrogens is 492 g/mol. The van der Waals surface area contributed by atoms with E-state index in [1.807, 2.05) is 24.3 Å². The van der Waals surface area contributed by atoms with Crippen LogP contribution >= 0.6 is 0 Å². The second kappa shape index (κ2) is 13.2. The summed E-state index contributed by atoms with van der Waals surface area (Å²) in [5.41, 5.74) is 7.06. The molecule has 0 radical (unpaired) electrons. The molecule has 0 fully saturated rings. The number of hydrogen-bond donors (Lipinski definition) is 1. The number of benzene rings is 2. The second-order valence-corrected chi connectivity index (χ2v) is 8.38. The Bertz CT molecular complexity index is 1430. The van der Waals surface area contributed by atoms with E-state index in [0.29, 0.717) is 67.4 Å². The van der Waals surface area contributed by atoms with Gasteiger partial charge in [0.1, 0.15) is 23.5 Å². The lowest BCUT2D eigenvalue weighted by atomic mass is 10.0. The van der Waals surface area contributed by atoms with E-state index in [9.17, 15) is 9.59 Å². The molecule has 10 heteroatoms. The minimum Gasteiger partial charge on any atom is -0.497 e. The number of carbonyl (C=O) groups is 1. The Morgan fingerprint density at radius 3 is 2.18 bits per heavy atom. The summed E-state index contributed by atoms with van der Waals surface area (Å²) in [5, 5.41) is 1.13. The number of aromatic nitrogens is 1. The molecule has 0 bridgehead atoms. The number of nitrogens with two attached hydrogens (primary N) is 1. The van der Waals surface area contributed by atoms with Gasteiger partial charge in [0.15, 0.2) is 0 Å². The first-order valence-electron chi connectivity index (χ1n) is 12.4. The van der Waals surface area contributed by atoms with Gasteiger partial charge < -0.3 is 38.4 Å². The van der Waals surface area contributed by atoms with E-state index < -0.39 is 11.6 Å². The lowest BCUT2D eigenvalue weighted by molar-refractivity contribution is 0.00139. The van der Waals surface area contributed by atoms with Crippen molar-refractivity contribution in [1.82, 2.24) is 4.57 Å². The van der Waals surface area contributed by atoms with Gasteiger partial charge in [-0.2, -0.15) is 0 Å². The number of carbonyl (C=O) groups excluding carboxylic acids is 1. The number of esters is 1. The molecule has 0 aliphatic rings. The molecule has 0 saturated carbocycles. The first-order chi connectivity index (χ1) is 18.6. The van der Waals surface area contributed by atoms with Gasteiger partial charge in [-0.1, -0.05) is 18.2 Å². The molecule has 2 aromatic heterocycles. The predicted molar refractivity (Wildman–Crippen MR) is 143 cm³/mol. The summed E-state index contributed by atoms with van der Waals surface area (Å²) < 4.78 is 34.3. The van der Waals surface area contributed by atoms with Crippen molar-refractivity contribution < 1.29 is 32.9 Å². The van der Waals surface area contributed by atoms with Crippen LogP contribution in [0.15, 0.2) is 57.7 Å². The number of ether oxygens (including phenoxy) is 5. The predicted octanol–water partition coefficient (Wildman–Crippen LogP) is 3.13. The summed E-state index contributed by atoms with van der Waals surface area (Å²) in [6.45, 7) is 2.90. The first kappa shape index (κ1) is 27.3. The van der Waals surface area contributed by atoms with Crippen molar-refractivity contribution in [3.63, 3.8) is 0 Å². The summed E-state index contributed by atoms with van der Waals surface area (Å²) in [5.74, 6) is 0.111. The number of hydrogen-bond acceptors (Lipinski definition) is 9. The average Bonchev–Trinajstić information content (AvgIpc) is 3.25. The summed E-state index contributed by atoms with van der Waals surface area (Å²) in [4.78, 5) is 26.5. The van der Waals surface area contributed by atoms with Gasteiger partial charge in [-0.25, -0.2) is 9.59 Å². The van der Waals surface area contributed by atoms with Gasteiger partial charge in [0.25, 0.3) is 0 Å². The molecule has 0 atom stereocenters. The Morgan fingerprint density at radius 1 is 0.895 bits per heavy atom. The van der Waals surface area contributed by atoms with Crippen LogP contribution < -0.4 is 16.1 Å². The van der Waals surface area contributed by atoms with Crippen molar-refractivity contribution in [2.45, 2.75) is 0 Å². The van der Waals surface area contributed by atoms with Gasteiger partial charge in [-0.05, 0) is 35.9 Å². The molecule has 202 valence electrons. The molecule has 4 aromatic rings. The van der Waals surface area contributed by atoms with Crippen molar-refractivity contribution in [2.24, 2.45) is 12.8 Å². The molecule has 0 aliphatic heterocycles. The monoisotopic (exact) mass is 524 g/mol. The van der Waals surface area contributed by atoms with Gasteiger partial charge >= 0.3 is 11.6 Å². The van der Waals surface area contributed by atoms with Gasteiger partial charge in [0, 0.05) is 24.4 Å². The zero-order valence-corrected chi connectivity index (χ0v) is 21.6. The maximum absolute atomic E-state index is 13.5. The lowest BCUT2D eigenvalue weighted by Gasteiger charge is -2.10. The normalized spacial score (nSPS) is 11.3. The number of fused-ring (bicyclic) bond motifs is 3. The Labute approximate surface area is 219 Å². The summed E-state index contributed by atoms with van der Waals surface area (Å²) in [6.07, 6.45) is 0. The molecule has 2 aromatic carbocycles. The highest BCUT2D eigenvalue weighted by Gasteiger charge is 2.27. The van der Waals surface area contributed by atoms with Gasteiger partial charge in [-0.15, -0.1) is 0 Å². The van der Waals surface area contributed by atoms with E-state index in [0.717, 1.165) is 5.56 Å². The maximum atomic E-state index is 13.5. The Balaban J connectivity index is 1.54. The molecule has 0 amide bonds. The Kier molecular flexibility index (Phi) is 9.50. The smallest absolute Gasteiger partial charge is 0.361 e. The van der Waals surface area contributed by atoms with E-state index in [1.165, 1.54) is 0 Å². The van der Waals surface area contributed by atoms with Crippen LogP contribution in [-0.2, 0) is 26.0 Å². The van der Waals surface area contributed by atoms with Crippen LogP contribution in [0.2, 0.25) is 0 Å². The van der Waals surface area contributed by atoms with Crippen LogP contribution in [0.4, 0.5) is 0 Å². The molecule has 2 heterocycles. The van der Waals surface area contributed by atoms with Gasteiger partial charge in [0.2, 0.25) is 0 Å². The third-order valence-electron chi connectivity index (χ3n) is 5.98. The van der Waals surface area contributed by atoms with Crippen LogP contribution in [0, 0.1) is 0 Å². The fourth-order valence-corrected chi connectivity index (χ4v) is 4.27. The SMILES string of the molecule is COc1ccc(-c2c(C(=O)OCCOCCOCCOCCN)c3c4ccccc4oc(=O)c3n2C)cc1. The molecule has 4 rings (SSSR count). The zero-order valence-electron chi connectivity index (χ0n) is 21.6. The maximum Gasteiger partial charge on any atom is 0.361 e. The van der Waals surface area contributed by atoms with Crippen molar-refractivity contribution >= 4 is 27.8 Å².